The zero-order valence-corrected chi connectivity index (χ0v) is 22.3. The predicted octanol–water partition coefficient (Wildman–Crippen LogP) is 3.33. The first-order valence-corrected chi connectivity index (χ1v) is 15.8. The van der Waals surface area contributed by atoms with Gasteiger partial charge in [0.05, 0.1) is 11.8 Å². The minimum absolute atomic E-state index is 0.330. The Kier molecular flexibility index (Phi) is 8.50. The van der Waals surface area contributed by atoms with E-state index in [1.165, 1.54) is 82.9 Å². The van der Waals surface area contributed by atoms with Crippen LogP contribution in [0.1, 0.15) is 77.6 Å². The number of rotatable bonds is 7. The van der Waals surface area contributed by atoms with Gasteiger partial charge in [-0.05, 0) is 81.2 Å². The Morgan fingerprint density at radius 2 is 1.88 bits per heavy atom. The summed E-state index contributed by atoms with van der Waals surface area (Å²) >= 11 is 10.1. The third-order valence-electron chi connectivity index (χ3n) is 8.64. The number of hydrogen-bond acceptors (Lipinski definition) is 5. The molecule has 4 unspecified atom stereocenters. The van der Waals surface area contributed by atoms with Crippen LogP contribution in [-0.4, -0.2) is 68.5 Å². The summed E-state index contributed by atoms with van der Waals surface area (Å²) in [6.45, 7) is 4.87. The van der Waals surface area contributed by atoms with Crippen molar-refractivity contribution in [3.8, 4) is 0 Å². The maximum atomic E-state index is 5.68. The van der Waals surface area contributed by atoms with Crippen molar-refractivity contribution < 1.29 is 5.32 Å². The molecule has 2 saturated carbocycles. The van der Waals surface area contributed by atoms with Gasteiger partial charge in [-0.2, -0.15) is 11.8 Å². The Bertz CT molecular complexity index is 617. The maximum absolute atomic E-state index is 5.68. The van der Waals surface area contributed by atoms with Gasteiger partial charge in [0.1, 0.15) is 12.2 Å². The molecule has 5 nitrogen and oxygen atoms in total. The molecule has 182 valence electrons. The van der Waals surface area contributed by atoms with E-state index in [4.69, 9.17) is 12.2 Å². The van der Waals surface area contributed by atoms with E-state index in [2.05, 4.69) is 56.4 Å². The van der Waals surface area contributed by atoms with Crippen LogP contribution in [0.25, 0.3) is 0 Å². The van der Waals surface area contributed by atoms with Gasteiger partial charge in [0.2, 0.25) is 0 Å². The van der Waals surface area contributed by atoms with Gasteiger partial charge in [0, 0.05) is 18.3 Å². The van der Waals surface area contributed by atoms with Crippen molar-refractivity contribution in [2.24, 2.45) is 11.8 Å². The van der Waals surface area contributed by atoms with Crippen molar-refractivity contribution in [2.45, 2.75) is 107 Å². The van der Waals surface area contributed by atoms with E-state index in [1.807, 2.05) is 0 Å². The minimum Gasteiger partial charge on any atom is -0.330 e. The van der Waals surface area contributed by atoms with Crippen LogP contribution in [0.5, 0.6) is 0 Å². The molecule has 5 aliphatic rings. The van der Waals surface area contributed by atoms with Crippen molar-refractivity contribution in [1.82, 2.24) is 20.7 Å². The molecule has 0 spiro atoms. The number of thioether (sulfide) groups is 2. The van der Waals surface area contributed by atoms with Crippen LogP contribution < -0.4 is 16.2 Å². The van der Waals surface area contributed by atoms with Gasteiger partial charge in [0.15, 0.2) is 10.6 Å². The van der Waals surface area contributed by atoms with Gasteiger partial charge < -0.3 is 10.2 Å². The monoisotopic (exact) mass is 498 g/mol. The van der Waals surface area contributed by atoms with E-state index in [0.717, 1.165) is 46.6 Å². The first kappa shape index (κ1) is 24.0. The quantitative estimate of drug-likeness (QED) is 0.466. The Morgan fingerprint density at radius 3 is 2.62 bits per heavy atom. The average Bonchev–Trinajstić information content (AvgIpc) is 3.55. The largest absolute Gasteiger partial charge is 0.330 e. The summed E-state index contributed by atoms with van der Waals surface area (Å²) in [4.78, 5) is 5.37. The second kappa shape index (κ2) is 11.3. The molecule has 3 heterocycles. The van der Waals surface area contributed by atoms with E-state index in [1.54, 1.807) is 0 Å². The van der Waals surface area contributed by atoms with Crippen LogP contribution >= 0.6 is 35.7 Å². The van der Waals surface area contributed by atoms with E-state index < -0.39 is 0 Å². The zero-order valence-electron chi connectivity index (χ0n) is 19.8. The average molecular weight is 499 g/mol. The number of nitrogens with two attached hydrogens (primary N) is 1. The lowest BCUT2D eigenvalue weighted by Gasteiger charge is -2.35. The van der Waals surface area contributed by atoms with Crippen molar-refractivity contribution in [3.63, 3.8) is 0 Å². The van der Waals surface area contributed by atoms with E-state index >= 15 is 0 Å². The smallest absolute Gasteiger partial charge is 0.191 e. The van der Waals surface area contributed by atoms with Crippen LogP contribution in [0.15, 0.2) is 0 Å². The fourth-order valence-corrected chi connectivity index (χ4v) is 9.67. The highest BCUT2D eigenvalue weighted by Gasteiger charge is 2.45. The molecule has 0 bridgehead atoms. The summed E-state index contributed by atoms with van der Waals surface area (Å²) in [6, 6.07) is 1.58. The number of nitrogens with one attached hydrogen (secondary N) is 2. The zero-order chi connectivity index (χ0) is 21.9. The molecule has 5 rings (SSSR count). The normalized spacial score (nSPS) is 39.7. The molecule has 2 aliphatic carbocycles. The van der Waals surface area contributed by atoms with Crippen molar-refractivity contribution in [1.29, 1.82) is 0 Å². The number of nitrogens with zero attached hydrogens (tertiary/aromatic N) is 2. The molecule has 4 atom stereocenters. The standard InChI is InChI=1S/C24H43N5S3/c1-17-9-11-19(12-10-17)28-15-20(21-8-5-13-31-21)25-24(28)32-16-22-26-27-23(30)29(22)14-18-6-3-2-4-7-18/h17-22,24-26H,2-16H2,1H3,(H,27,30)/p+1. The summed E-state index contributed by atoms with van der Waals surface area (Å²) in [5.41, 5.74) is 7.37. The van der Waals surface area contributed by atoms with Gasteiger partial charge in [-0.15, -0.1) is 0 Å². The summed E-state index contributed by atoms with van der Waals surface area (Å²) in [5, 5.41) is 4.53. The molecule has 0 aromatic heterocycles. The van der Waals surface area contributed by atoms with Crippen LogP contribution in [-0.2, 0) is 0 Å². The first-order chi connectivity index (χ1) is 15.7. The first-order valence-electron chi connectivity index (χ1n) is 13.3. The Labute approximate surface area is 209 Å². The van der Waals surface area contributed by atoms with Crippen molar-refractivity contribution in [2.75, 3.05) is 24.6 Å². The van der Waals surface area contributed by atoms with Crippen LogP contribution in [0.2, 0.25) is 0 Å². The highest BCUT2D eigenvalue weighted by atomic mass is 32.2. The third kappa shape index (κ3) is 5.73. The number of hydrogen-bond donors (Lipinski definition) is 3. The van der Waals surface area contributed by atoms with Crippen LogP contribution in [0.4, 0.5) is 0 Å². The summed E-state index contributed by atoms with van der Waals surface area (Å²) in [6.07, 6.45) is 15.8. The van der Waals surface area contributed by atoms with Crippen molar-refractivity contribution >= 4 is 40.9 Å². The summed E-state index contributed by atoms with van der Waals surface area (Å²) in [7, 11) is 0. The third-order valence-corrected chi connectivity index (χ3v) is 11.8. The minimum atomic E-state index is 0.330. The number of thiocarbonyl (C=S) groups is 1. The molecular weight excluding hydrogens is 455 g/mol. The molecule has 4 N–H and O–H groups in total. The van der Waals surface area contributed by atoms with Gasteiger partial charge in [-0.3, -0.25) is 5.43 Å². The molecule has 0 aromatic rings. The molecule has 5 fully saturated rings. The lowest BCUT2D eigenvalue weighted by atomic mass is 9.86. The molecule has 8 heteroatoms. The maximum Gasteiger partial charge on any atom is 0.191 e. The lowest BCUT2D eigenvalue weighted by molar-refractivity contribution is -0.688. The van der Waals surface area contributed by atoms with E-state index in [0.29, 0.717) is 11.7 Å². The number of hydrazine groups is 1. The molecule has 3 saturated heterocycles. The lowest BCUT2D eigenvalue weighted by Crippen LogP contribution is -2.93. The Hall–Kier alpha value is 0.270. The summed E-state index contributed by atoms with van der Waals surface area (Å²) in [5.74, 6) is 4.22. The second-order valence-corrected chi connectivity index (χ2v) is 13.9. The van der Waals surface area contributed by atoms with Gasteiger partial charge in [0.25, 0.3) is 0 Å². The van der Waals surface area contributed by atoms with Gasteiger partial charge >= 0.3 is 0 Å². The van der Waals surface area contributed by atoms with Crippen molar-refractivity contribution in [3.05, 3.63) is 0 Å². The number of quaternary nitrogens is 1. The predicted molar refractivity (Wildman–Crippen MR) is 142 cm³/mol. The second-order valence-electron chi connectivity index (χ2n) is 11.0. The Balaban J connectivity index is 1.19. The highest BCUT2D eigenvalue weighted by Crippen LogP contribution is 2.35. The topological polar surface area (TPSA) is 47.2 Å². The fourth-order valence-electron chi connectivity index (χ4n) is 6.61. The highest BCUT2D eigenvalue weighted by molar-refractivity contribution is 8.00. The van der Waals surface area contributed by atoms with Gasteiger partial charge in [-0.25, -0.2) is 10.3 Å². The summed E-state index contributed by atoms with van der Waals surface area (Å²) < 4.78 is 0. The molecule has 0 radical (unpaired) electrons. The SMILES string of the molecule is CC1CCC(N2CC(C3CCCS3)[NH2+]C2SCC2NNC(=S)N2CC2CCCCC2)CC1. The molecule has 0 amide bonds. The molecule has 32 heavy (non-hydrogen) atoms. The van der Waals surface area contributed by atoms with E-state index in [9.17, 15) is 0 Å². The fraction of sp³-hybridized carbons (Fsp3) is 0.958. The Morgan fingerprint density at radius 1 is 1.06 bits per heavy atom. The van der Waals surface area contributed by atoms with E-state index in [-0.39, 0.29) is 0 Å². The molecule has 0 aromatic carbocycles. The van der Waals surface area contributed by atoms with Crippen LogP contribution in [0, 0.1) is 11.8 Å². The molecule has 3 aliphatic heterocycles. The van der Waals surface area contributed by atoms with Crippen LogP contribution in [0.3, 0.4) is 0 Å². The molecular formula is C24H44N5S3+. The van der Waals surface area contributed by atoms with Gasteiger partial charge in [-0.1, -0.05) is 37.9 Å².